The van der Waals surface area contributed by atoms with Crippen LogP contribution in [0.3, 0.4) is 0 Å². The fraction of sp³-hybridized carbons (Fsp3) is 0.409. The van der Waals surface area contributed by atoms with Crippen molar-refractivity contribution in [2.24, 2.45) is 0 Å². The van der Waals surface area contributed by atoms with E-state index in [-0.39, 0.29) is 17.6 Å². The average Bonchev–Trinajstić information content (AvgIpc) is 2.64. The highest BCUT2D eigenvalue weighted by atomic mass is 32.2. The highest BCUT2D eigenvalue weighted by Crippen LogP contribution is 2.41. The van der Waals surface area contributed by atoms with Gasteiger partial charge in [-0.25, -0.2) is 0 Å². The Hall–Kier alpha value is -2.14. The summed E-state index contributed by atoms with van der Waals surface area (Å²) >= 11 is 1.78. The summed E-state index contributed by atoms with van der Waals surface area (Å²) in [6, 6.07) is 16.1. The summed E-state index contributed by atoms with van der Waals surface area (Å²) in [7, 11) is 1.64. The number of rotatable bonds is 7. The summed E-state index contributed by atoms with van der Waals surface area (Å²) in [5.74, 6) is 3.37. The molecular weight excluding hydrogens is 358 g/mol. The first-order chi connectivity index (χ1) is 13.0. The second-order valence-corrected chi connectivity index (χ2v) is 8.48. The van der Waals surface area contributed by atoms with Gasteiger partial charge in [0.05, 0.1) is 13.2 Å². The van der Waals surface area contributed by atoms with E-state index in [2.05, 4.69) is 17.4 Å². The predicted molar refractivity (Wildman–Crippen MR) is 110 cm³/mol. The van der Waals surface area contributed by atoms with Gasteiger partial charge in [0.1, 0.15) is 17.1 Å². The van der Waals surface area contributed by atoms with Crippen molar-refractivity contribution in [1.29, 1.82) is 0 Å². The lowest BCUT2D eigenvalue weighted by Gasteiger charge is -2.38. The van der Waals surface area contributed by atoms with E-state index in [1.165, 1.54) is 5.56 Å². The Morgan fingerprint density at radius 2 is 2.04 bits per heavy atom. The minimum absolute atomic E-state index is 0.0405. The lowest BCUT2D eigenvalue weighted by molar-refractivity contribution is -0.121. The van der Waals surface area contributed by atoms with Crippen molar-refractivity contribution in [3.05, 3.63) is 59.7 Å². The zero-order valence-electron chi connectivity index (χ0n) is 16.2. The maximum Gasteiger partial charge on any atom is 0.221 e. The van der Waals surface area contributed by atoms with Gasteiger partial charge >= 0.3 is 0 Å². The van der Waals surface area contributed by atoms with E-state index in [0.717, 1.165) is 35.0 Å². The fourth-order valence-electron chi connectivity index (χ4n) is 3.28. The molecule has 144 valence electrons. The molecule has 1 atom stereocenters. The number of hydrogen-bond acceptors (Lipinski definition) is 4. The van der Waals surface area contributed by atoms with E-state index in [1.54, 1.807) is 18.9 Å². The molecule has 27 heavy (non-hydrogen) atoms. The normalized spacial score (nSPS) is 17.5. The Morgan fingerprint density at radius 3 is 2.78 bits per heavy atom. The summed E-state index contributed by atoms with van der Waals surface area (Å²) in [5, 5.41) is 3.19. The molecule has 0 radical (unpaired) electrons. The molecule has 0 bridgehead atoms. The maximum atomic E-state index is 12.5. The van der Waals surface area contributed by atoms with Gasteiger partial charge in [0.25, 0.3) is 0 Å². The third-order valence-electron chi connectivity index (χ3n) is 4.60. The Labute approximate surface area is 165 Å². The van der Waals surface area contributed by atoms with Crippen LogP contribution in [0.1, 0.15) is 43.9 Å². The molecule has 1 heterocycles. The Bertz CT molecular complexity index is 776. The van der Waals surface area contributed by atoms with Crippen molar-refractivity contribution in [3.63, 3.8) is 0 Å². The van der Waals surface area contributed by atoms with Crippen LogP contribution in [0.15, 0.2) is 48.5 Å². The van der Waals surface area contributed by atoms with Gasteiger partial charge in [-0.3, -0.25) is 4.79 Å². The van der Waals surface area contributed by atoms with Crippen LogP contribution in [-0.2, 0) is 10.5 Å². The Morgan fingerprint density at radius 1 is 1.26 bits per heavy atom. The number of hydrogen-bond donors (Lipinski definition) is 1. The molecule has 1 N–H and O–H groups in total. The first kappa shape index (κ1) is 19.6. The first-order valence-corrected chi connectivity index (χ1v) is 10.4. The molecule has 0 saturated heterocycles. The number of thioether (sulfide) groups is 1. The maximum absolute atomic E-state index is 12.5. The molecule has 0 aromatic heterocycles. The standard InChI is InChI=1S/C22H27NO3S/c1-22(2)14-19(18-10-9-17(25-3)13-20(18)26-22)23-21(24)11-12-27-15-16-7-5-4-6-8-16/h4-10,13,19H,11-12,14-15H2,1-3H3,(H,23,24)/t19-/m0/s1. The van der Waals surface area contributed by atoms with Gasteiger partial charge in [0, 0.05) is 36.0 Å². The minimum atomic E-state index is -0.334. The second kappa shape index (κ2) is 8.70. The van der Waals surface area contributed by atoms with Crippen LogP contribution in [0.25, 0.3) is 0 Å². The minimum Gasteiger partial charge on any atom is -0.497 e. The molecule has 0 fully saturated rings. The molecule has 1 aliphatic heterocycles. The summed E-state index contributed by atoms with van der Waals surface area (Å²) in [6.07, 6.45) is 1.26. The summed E-state index contributed by atoms with van der Waals surface area (Å²) in [6.45, 7) is 4.09. The molecule has 0 saturated carbocycles. The smallest absolute Gasteiger partial charge is 0.221 e. The second-order valence-electron chi connectivity index (χ2n) is 7.38. The number of nitrogens with one attached hydrogen (secondary N) is 1. The van der Waals surface area contributed by atoms with Gasteiger partial charge in [-0.15, -0.1) is 0 Å². The highest BCUT2D eigenvalue weighted by molar-refractivity contribution is 7.98. The SMILES string of the molecule is COc1ccc2c(c1)OC(C)(C)C[C@@H]2NC(=O)CCSCc1ccccc1. The largest absolute Gasteiger partial charge is 0.497 e. The van der Waals surface area contributed by atoms with Crippen LogP contribution in [0.2, 0.25) is 0 Å². The predicted octanol–water partition coefficient (Wildman–Crippen LogP) is 4.74. The van der Waals surface area contributed by atoms with Crippen LogP contribution < -0.4 is 14.8 Å². The molecule has 1 amide bonds. The molecule has 3 rings (SSSR count). The van der Waals surface area contributed by atoms with Crippen LogP contribution in [0.5, 0.6) is 11.5 Å². The monoisotopic (exact) mass is 385 g/mol. The number of amides is 1. The fourth-order valence-corrected chi connectivity index (χ4v) is 4.19. The Balaban J connectivity index is 1.55. The molecule has 0 spiro atoms. The lowest BCUT2D eigenvalue weighted by atomic mass is 9.89. The van der Waals surface area contributed by atoms with Gasteiger partial charge in [-0.1, -0.05) is 30.3 Å². The number of carbonyl (C=O) groups is 1. The van der Waals surface area contributed by atoms with Crippen molar-refractivity contribution < 1.29 is 14.3 Å². The van der Waals surface area contributed by atoms with E-state index in [4.69, 9.17) is 9.47 Å². The van der Waals surface area contributed by atoms with Gasteiger partial charge in [-0.2, -0.15) is 11.8 Å². The van der Waals surface area contributed by atoms with E-state index >= 15 is 0 Å². The van der Waals surface area contributed by atoms with E-state index in [1.807, 2.05) is 50.2 Å². The van der Waals surface area contributed by atoms with Crippen LogP contribution >= 0.6 is 11.8 Å². The lowest BCUT2D eigenvalue weighted by Crippen LogP contribution is -2.41. The van der Waals surface area contributed by atoms with E-state index in [0.29, 0.717) is 6.42 Å². The van der Waals surface area contributed by atoms with E-state index < -0.39 is 0 Å². The summed E-state index contributed by atoms with van der Waals surface area (Å²) in [5.41, 5.74) is 1.97. The number of fused-ring (bicyclic) bond motifs is 1. The third kappa shape index (κ3) is 5.42. The van der Waals surface area contributed by atoms with Crippen molar-refractivity contribution in [1.82, 2.24) is 5.32 Å². The van der Waals surface area contributed by atoms with Gasteiger partial charge in [0.15, 0.2) is 0 Å². The zero-order valence-corrected chi connectivity index (χ0v) is 17.0. The highest BCUT2D eigenvalue weighted by Gasteiger charge is 2.34. The third-order valence-corrected chi connectivity index (χ3v) is 5.63. The molecule has 4 nitrogen and oxygen atoms in total. The molecule has 2 aromatic rings. The van der Waals surface area contributed by atoms with Crippen molar-refractivity contribution in [2.75, 3.05) is 12.9 Å². The average molecular weight is 386 g/mol. The number of methoxy groups -OCH3 is 1. The summed E-state index contributed by atoms with van der Waals surface area (Å²) < 4.78 is 11.4. The van der Waals surface area contributed by atoms with Gasteiger partial charge < -0.3 is 14.8 Å². The van der Waals surface area contributed by atoms with Crippen LogP contribution in [-0.4, -0.2) is 24.4 Å². The topological polar surface area (TPSA) is 47.6 Å². The van der Waals surface area contributed by atoms with Crippen molar-refractivity contribution >= 4 is 17.7 Å². The summed E-state index contributed by atoms with van der Waals surface area (Å²) in [4.78, 5) is 12.5. The molecule has 1 aliphatic rings. The van der Waals surface area contributed by atoms with Crippen LogP contribution in [0, 0.1) is 0 Å². The number of ether oxygens (including phenoxy) is 2. The van der Waals surface area contributed by atoms with Crippen LogP contribution in [0.4, 0.5) is 0 Å². The quantitative estimate of drug-likeness (QED) is 0.700. The molecule has 0 unspecified atom stereocenters. The number of benzene rings is 2. The van der Waals surface area contributed by atoms with Gasteiger partial charge in [-0.05, 0) is 31.5 Å². The number of carbonyl (C=O) groups excluding carboxylic acids is 1. The molecule has 0 aliphatic carbocycles. The Kier molecular flexibility index (Phi) is 6.32. The van der Waals surface area contributed by atoms with E-state index in [9.17, 15) is 4.79 Å². The van der Waals surface area contributed by atoms with Gasteiger partial charge in [0.2, 0.25) is 5.91 Å². The first-order valence-electron chi connectivity index (χ1n) is 9.25. The van der Waals surface area contributed by atoms with Crippen molar-refractivity contribution in [3.8, 4) is 11.5 Å². The molecule has 5 heteroatoms. The molecule has 2 aromatic carbocycles. The molecular formula is C22H27NO3S. The van der Waals surface area contributed by atoms with Crippen molar-refractivity contribution in [2.45, 2.75) is 44.1 Å². The zero-order chi connectivity index (χ0) is 19.3.